The van der Waals surface area contributed by atoms with Crippen LogP contribution in [0, 0.1) is 5.92 Å². The Morgan fingerprint density at radius 1 is 1.21 bits per heavy atom. The lowest BCUT2D eigenvalue weighted by Gasteiger charge is -2.23. The van der Waals surface area contributed by atoms with Gasteiger partial charge in [-0.25, -0.2) is 4.79 Å². The summed E-state index contributed by atoms with van der Waals surface area (Å²) in [4.78, 5) is 34.9. The number of amides is 4. The van der Waals surface area contributed by atoms with Crippen molar-refractivity contribution in [2.45, 2.75) is 52.1 Å². The van der Waals surface area contributed by atoms with Gasteiger partial charge in [-0.2, -0.15) is 0 Å². The van der Waals surface area contributed by atoms with Gasteiger partial charge in [0, 0.05) is 0 Å². The highest BCUT2D eigenvalue weighted by molar-refractivity contribution is 6.05. The molecule has 6 nitrogen and oxygen atoms in total. The van der Waals surface area contributed by atoms with E-state index in [1.165, 1.54) is 5.56 Å². The third-order valence-electron chi connectivity index (χ3n) is 4.11. The number of rotatable bonds is 7. The van der Waals surface area contributed by atoms with E-state index >= 15 is 0 Å². The second kappa shape index (κ2) is 7.95. The Morgan fingerprint density at radius 2 is 1.88 bits per heavy atom. The summed E-state index contributed by atoms with van der Waals surface area (Å²) in [6.45, 7) is 6.22. The highest BCUT2D eigenvalue weighted by Crippen LogP contribution is 2.22. The third kappa shape index (κ3) is 4.57. The average molecular weight is 331 g/mol. The Kier molecular flexibility index (Phi) is 5.95. The predicted molar refractivity (Wildman–Crippen MR) is 91.2 cm³/mol. The lowest BCUT2D eigenvalue weighted by atomic mass is 9.94. The third-order valence-corrected chi connectivity index (χ3v) is 4.11. The molecule has 4 amide bonds. The molecule has 1 aliphatic rings. The van der Waals surface area contributed by atoms with Gasteiger partial charge in [-0.15, -0.1) is 0 Å². The van der Waals surface area contributed by atoms with Crippen LogP contribution in [0.25, 0.3) is 0 Å². The molecule has 2 rings (SSSR count). The van der Waals surface area contributed by atoms with Gasteiger partial charge in [0.2, 0.25) is 5.91 Å². The number of urea groups is 1. The molecular weight excluding hydrogens is 306 g/mol. The van der Waals surface area contributed by atoms with E-state index in [2.05, 4.69) is 35.0 Å². The summed E-state index contributed by atoms with van der Waals surface area (Å²) in [5.74, 6) is -0.508. The summed E-state index contributed by atoms with van der Waals surface area (Å²) in [6.07, 6.45) is 2.07. The predicted octanol–water partition coefficient (Wildman–Crippen LogP) is 2.05. The van der Waals surface area contributed by atoms with Crippen LogP contribution in [0.4, 0.5) is 4.79 Å². The van der Waals surface area contributed by atoms with Crippen LogP contribution in [0.15, 0.2) is 24.3 Å². The number of carbonyl (C=O) groups is 3. The largest absolute Gasteiger partial charge is 0.349 e. The SMILES string of the molecule is CCCc1ccc([C@H](NC(=O)C[C@@H]2NC(=O)NC2=O)C(C)C)cc1. The van der Waals surface area contributed by atoms with E-state index in [0.717, 1.165) is 18.4 Å². The zero-order valence-electron chi connectivity index (χ0n) is 14.4. The molecule has 1 heterocycles. The molecule has 1 fully saturated rings. The molecule has 24 heavy (non-hydrogen) atoms. The molecule has 6 heteroatoms. The van der Waals surface area contributed by atoms with Gasteiger partial charge in [-0.05, 0) is 23.5 Å². The Bertz CT molecular complexity index is 610. The average Bonchev–Trinajstić information content (AvgIpc) is 2.83. The van der Waals surface area contributed by atoms with E-state index in [4.69, 9.17) is 0 Å². The number of nitrogens with one attached hydrogen (secondary N) is 3. The summed E-state index contributed by atoms with van der Waals surface area (Å²) >= 11 is 0. The molecule has 0 aliphatic carbocycles. The van der Waals surface area contributed by atoms with E-state index in [-0.39, 0.29) is 24.3 Å². The van der Waals surface area contributed by atoms with Crippen LogP contribution < -0.4 is 16.0 Å². The lowest BCUT2D eigenvalue weighted by Crippen LogP contribution is -2.38. The molecular formula is C18H25N3O3. The van der Waals surface area contributed by atoms with E-state index < -0.39 is 18.0 Å². The summed E-state index contributed by atoms with van der Waals surface area (Å²) in [7, 11) is 0. The first-order valence-corrected chi connectivity index (χ1v) is 8.40. The molecule has 130 valence electrons. The van der Waals surface area contributed by atoms with Gasteiger partial charge in [0.1, 0.15) is 6.04 Å². The fraction of sp³-hybridized carbons (Fsp3) is 0.500. The second-order valence-electron chi connectivity index (χ2n) is 6.50. The van der Waals surface area contributed by atoms with Gasteiger partial charge in [0.05, 0.1) is 12.5 Å². The Balaban J connectivity index is 2.01. The smallest absolute Gasteiger partial charge is 0.322 e. The minimum Gasteiger partial charge on any atom is -0.349 e. The molecule has 0 spiro atoms. The summed E-state index contributed by atoms with van der Waals surface area (Å²) < 4.78 is 0. The van der Waals surface area contributed by atoms with Gasteiger partial charge in [-0.1, -0.05) is 51.5 Å². The molecule has 0 unspecified atom stereocenters. The van der Waals surface area contributed by atoms with E-state index in [0.29, 0.717) is 0 Å². The monoisotopic (exact) mass is 331 g/mol. The first kappa shape index (κ1) is 18.0. The summed E-state index contributed by atoms with van der Waals surface area (Å²) in [6, 6.07) is 6.78. The van der Waals surface area contributed by atoms with Crippen LogP contribution in [0.5, 0.6) is 0 Å². The van der Waals surface area contributed by atoms with Crippen LogP contribution in [-0.2, 0) is 16.0 Å². The van der Waals surface area contributed by atoms with Gasteiger partial charge in [0.25, 0.3) is 5.91 Å². The molecule has 1 aromatic carbocycles. The molecule has 2 atom stereocenters. The van der Waals surface area contributed by atoms with Crippen LogP contribution in [-0.4, -0.2) is 23.9 Å². The van der Waals surface area contributed by atoms with Gasteiger partial charge in [0.15, 0.2) is 0 Å². The van der Waals surface area contributed by atoms with Crippen LogP contribution in [0.2, 0.25) is 0 Å². The molecule has 0 radical (unpaired) electrons. The van der Waals surface area contributed by atoms with E-state index in [1.54, 1.807) is 0 Å². The minimum absolute atomic E-state index is 0.0608. The maximum atomic E-state index is 12.3. The van der Waals surface area contributed by atoms with Crippen LogP contribution in [0.3, 0.4) is 0 Å². The quantitative estimate of drug-likeness (QED) is 0.668. The summed E-state index contributed by atoms with van der Waals surface area (Å²) in [5.41, 5.74) is 2.32. The van der Waals surface area contributed by atoms with E-state index in [9.17, 15) is 14.4 Å². The normalized spacial score (nSPS) is 18.2. The zero-order valence-corrected chi connectivity index (χ0v) is 14.4. The van der Waals surface area contributed by atoms with E-state index in [1.807, 2.05) is 26.0 Å². The second-order valence-corrected chi connectivity index (χ2v) is 6.50. The topological polar surface area (TPSA) is 87.3 Å². The number of carbonyl (C=O) groups excluding carboxylic acids is 3. The summed E-state index contributed by atoms with van der Waals surface area (Å²) in [5, 5.41) is 7.54. The number of hydrogen-bond acceptors (Lipinski definition) is 3. The number of benzene rings is 1. The van der Waals surface area contributed by atoms with Crippen LogP contribution in [0.1, 0.15) is 50.8 Å². The molecule has 0 saturated carbocycles. The van der Waals surface area contributed by atoms with Crippen molar-refractivity contribution in [2.24, 2.45) is 5.92 Å². The number of hydrogen-bond donors (Lipinski definition) is 3. The van der Waals surface area contributed by atoms with Crippen molar-refractivity contribution >= 4 is 17.8 Å². The molecule has 0 bridgehead atoms. The molecule has 1 aliphatic heterocycles. The maximum absolute atomic E-state index is 12.3. The van der Waals surface area contributed by atoms with Crippen LogP contribution >= 0.6 is 0 Å². The van der Waals surface area contributed by atoms with Gasteiger partial charge in [-0.3, -0.25) is 14.9 Å². The molecule has 0 aromatic heterocycles. The number of aryl methyl sites for hydroxylation is 1. The standard InChI is InChI=1S/C18H25N3O3/c1-4-5-12-6-8-13(9-7-12)16(11(2)3)20-15(22)10-14-17(23)21-18(24)19-14/h6-9,11,14,16H,4-5,10H2,1-3H3,(H,20,22)(H2,19,21,23,24)/t14-,16+/m0/s1. The van der Waals surface area contributed by atoms with Crippen molar-refractivity contribution in [3.8, 4) is 0 Å². The van der Waals surface area contributed by atoms with Gasteiger partial charge < -0.3 is 10.6 Å². The zero-order chi connectivity index (χ0) is 17.7. The lowest BCUT2D eigenvalue weighted by molar-refractivity contribution is -0.127. The van der Waals surface area contributed by atoms with Crippen molar-refractivity contribution < 1.29 is 14.4 Å². The Labute approximate surface area is 142 Å². The minimum atomic E-state index is -0.794. The molecule has 1 saturated heterocycles. The van der Waals surface area contributed by atoms with Crippen molar-refractivity contribution in [1.29, 1.82) is 0 Å². The highest BCUT2D eigenvalue weighted by atomic mass is 16.2. The van der Waals surface area contributed by atoms with Crippen molar-refractivity contribution in [3.05, 3.63) is 35.4 Å². The maximum Gasteiger partial charge on any atom is 0.322 e. The highest BCUT2D eigenvalue weighted by Gasteiger charge is 2.32. The fourth-order valence-electron chi connectivity index (χ4n) is 2.84. The van der Waals surface area contributed by atoms with Crippen molar-refractivity contribution in [2.75, 3.05) is 0 Å². The van der Waals surface area contributed by atoms with Gasteiger partial charge >= 0.3 is 6.03 Å². The molecule has 1 aromatic rings. The van der Waals surface area contributed by atoms with Crippen molar-refractivity contribution in [3.63, 3.8) is 0 Å². The number of imide groups is 1. The first-order valence-electron chi connectivity index (χ1n) is 8.40. The fourth-order valence-corrected chi connectivity index (χ4v) is 2.84. The Morgan fingerprint density at radius 3 is 2.38 bits per heavy atom. The first-order chi connectivity index (χ1) is 11.4. The molecule has 3 N–H and O–H groups in total. The Hall–Kier alpha value is -2.37. The van der Waals surface area contributed by atoms with Crippen molar-refractivity contribution in [1.82, 2.24) is 16.0 Å².